The minimum Gasteiger partial charge on any atom is -0.508 e. The highest BCUT2D eigenvalue weighted by molar-refractivity contribution is 7.47. The number of benzene rings is 3. The highest BCUT2D eigenvalue weighted by Gasteiger charge is 2.37. The predicted molar refractivity (Wildman–Crippen MR) is 256 cm³/mol. The predicted octanol–water partition coefficient (Wildman–Crippen LogP) is 7.52. The maximum Gasteiger partial charge on any atom is 0.472 e. The zero-order chi connectivity index (χ0) is 50.3. The Morgan fingerprint density at radius 2 is 1.39 bits per heavy atom. The molecule has 6 rings (SSSR count). The molecule has 1 saturated heterocycles. The van der Waals surface area contributed by atoms with Crippen LogP contribution < -0.4 is 22.2 Å². The lowest BCUT2D eigenvalue weighted by Gasteiger charge is -2.18. The number of aromatic nitrogens is 2. The van der Waals surface area contributed by atoms with Crippen LogP contribution in [0.4, 0.5) is 5.82 Å². The number of phosphoric ester groups is 2. The van der Waals surface area contributed by atoms with Gasteiger partial charge in [0.15, 0.2) is 5.43 Å². The molecule has 23 heteroatoms. The number of nitrogens with one attached hydrogen (secondary N) is 1. The smallest absolute Gasteiger partial charge is 0.472 e. The third-order valence-corrected chi connectivity index (χ3v) is 13.6. The molecule has 1 aromatic heterocycles. The molecule has 5 atom stereocenters. The molecule has 2 aliphatic heterocycles. The van der Waals surface area contributed by atoms with Gasteiger partial charge in [0, 0.05) is 53.4 Å². The number of hydrogen-bond acceptors (Lipinski definition) is 16. The molecule has 1 fully saturated rings. The summed E-state index contributed by atoms with van der Waals surface area (Å²) in [6, 6.07) is 14.2. The number of unbranched alkanes of at least 4 members (excludes halogenated alkanes) is 11. The lowest BCUT2D eigenvalue weighted by Crippen LogP contribution is -2.28. The quantitative estimate of drug-likeness (QED) is 0.0138. The second-order valence-electron chi connectivity index (χ2n) is 16.9. The van der Waals surface area contributed by atoms with Crippen molar-refractivity contribution in [2.24, 2.45) is 0 Å². The molecule has 8 N–H and O–H groups in total. The average Bonchev–Trinajstić information content (AvgIpc) is 3.68. The first-order valence-electron chi connectivity index (χ1n) is 23.3. The number of phosphoric acid groups is 2. The van der Waals surface area contributed by atoms with Crippen molar-refractivity contribution in [3.63, 3.8) is 0 Å². The minimum absolute atomic E-state index is 0.0176. The largest absolute Gasteiger partial charge is 0.508 e. The van der Waals surface area contributed by atoms with Crippen LogP contribution >= 0.6 is 15.6 Å². The van der Waals surface area contributed by atoms with E-state index in [1.54, 1.807) is 6.07 Å². The molecule has 21 nitrogen and oxygen atoms in total. The molecule has 1 aliphatic carbocycles. The Hall–Kier alpha value is -5.31. The summed E-state index contributed by atoms with van der Waals surface area (Å²) in [5.74, 6) is -1.48. The third kappa shape index (κ3) is 15.8. The number of nitrogens with zero attached hydrogens (tertiary/aromatic N) is 2. The van der Waals surface area contributed by atoms with Gasteiger partial charge in [-0.25, -0.2) is 18.7 Å². The van der Waals surface area contributed by atoms with Crippen molar-refractivity contribution in [3.05, 3.63) is 98.7 Å². The van der Waals surface area contributed by atoms with Gasteiger partial charge >= 0.3 is 27.3 Å². The van der Waals surface area contributed by atoms with E-state index in [4.69, 9.17) is 33.0 Å². The number of nitrogens with two attached hydrogens (primary N) is 1. The number of carbonyl (C=O) groups excluding carboxylic acids is 1. The van der Waals surface area contributed by atoms with E-state index in [0.717, 1.165) is 44.9 Å². The second-order valence-corrected chi connectivity index (χ2v) is 19.8. The fourth-order valence-electron chi connectivity index (χ4n) is 8.02. The van der Waals surface area contributed by atoms with Crippen molar-refractivity contribution in [1.29, 1.82) is 0 Å². The maximum absolute atomic E-state index is 13.2. The van der Waals surface area contributed by atoms with Crippen LogP contribution in [-0.4, -0.2) is 91.7 Å². The molecular formula is C47H60N4O17P2. The summed E-state index contributed by atoms with van der Waals surface area (Å²) in [4.78, 5) is 73.6. The number of nitrogen functional groups attached to an aromatic ring is 1. The molecule has 0 radical (unpaired) electrons. The molecular weight excluding hydrogens is 954 g/mol. The molecule has 380 valence electrons. The Bertz CT molecular complexity index is 2750. The summed E-state index contributed by atoms with van der Waals surface area (Å²) in [6.45, 7) is 0.0533. The average molecular weight is 1010 g/mol. The van der Waals surface area contributed by atoms with Crippen LogP contribution in [0.3, 0.4) is 0 Å². The number of carbonyl (C=O) groups is 2. The summed E-state index contributed by atoms with van der Waals surface area (Å²) in [5, 5.41) is 33.8. The van der Waals surface area contributed by atoms with Gasteiger partial charge in [0.05, 0.1) is 38.1 Å². The van der Waals surface area contributed by atoms with E-state index >= 15 is 0 Å². The summed E-state index contributed by atoms with van der Waals surface area (Å²) in [5.41, 5.74) is 6.04. The topological polar surface area (TPSA) is 319 Å². The van der Waals surface area contributed by atoms with Gasteiger partial charge in [-0.2, -0.15) is 4.98 Å². The number of aliphatic hydroxyl groups is 1. The van der Waals surface area contributed by atoms with Gasteiger partial charge in [0.25, 0.3) is 5.91 Å². The Labute approximate surface area is 403 Å². The molecule has 0 bridgehead atoms. The molecule has 1 amide bonds. The molecule has 0 saturated carbocycles. The number of phenols is 1. The first-order chi connectivity index (χ1) is 33.5. The minimum atomic E-state index is -4.38. The number of aliphatic hydroxyl groups excluding tert-OH is 1. The highest BCUT2D eigenvalue weighted by atomic mass is 31.2. The van der Waals surface area contributed by atoms with E-state index in [9.17, 15) is 53.4 Å². The summed E-state index contributed by atoms with van der Waals surface area (Å²) in [7, 11) is -8.58. The van der Waals surface area contributed by atoms with Gasteiger partial charge in [0.2, 0.25) is 0 Å². The van der Waals surface area contributed by atoms with E-state index in [1.807, 2.05) is 0 Å². The SMILES string of the molecule is Nc1ccn([C@H]2C[C@@H](O)[C@@H](COP(=O)(O)OCCCCCCCCCCCOP(=O)(O)OCCCCCCNC(=O)c3ccc(C(=O)O)c(-c4c5ccc(=O)cc-5oc5cc(O)ccc45)c3)O2)c(=O)n1. The lowest BCUT2D eigenvalue weighted by molar-refractivity contribution is -0.0464. The maximum atomic E-state index is 13.2. The molecule has 0 spiro atoms. The summed E-state index contributed by atoms with van der Waals surface area (Å²) in [6.07, 6.45) is 8.66. The van der Waals surface area contributed by atoms with Crippen LogP contribution in [0.2, 0.25) is 0 Å². The first-order valence-corrected chi connectivity index (χ1v) is 26.3. The van der Waals surface area contributed by atoms with E-state index in [-0.39, 0.29) is 71.3 Å². The number of aromatic carboxylic acids is 1. The molecule has 2 aromatic carbocycles. The van der Waals surface area contributed by atoms with Crippen molar-refractivity contribution in [2.75, 3.05) is 38.7 Å². The number of phenolic OH excluding ortho intramolecular Hbond substituents is 1. The fourth-order valence-corrected chi connectivity index (χ4v) is 9.58. The van der Waals surface area contributed by atoms with Gasteiger partial charge in [-0.15, -0.1) is 0 Å². The Kier molecular flexibility index (Phi) is 19.8. The fraction of sp³-hybridized carbons (Fsp3) is 0.468. The number of fused-ring (bicyclic) bond motifs is 2. The molecule has 3 aromatic rings. The van der Waals surface area contributed by atoms with Crippen LogP contribution in [0, 0.1) is 0 Å². The normalized spacial score (nSPS) is 17.7. The van der Waals surface area contributed by atoms with Crippen LogP contribution in [0.1, 0.15) is 117 Å². The molecule has 70 heavy (non-hydrogen) atoms. The number of ether oxygens (including phenoxy) is 1. The number of carboxylic acid groups (broad SMARTS) is 1. The van der Waals surface area contributed by atoms with E-state index in [0.29, 0.717) is 61.6 Å². The van der Waals surface area contributed by atoms with Gasteiger partial charge in [-0.1, -0.05) is 57.8 Å². The van der Waals surface area contributed by atoms with Gasteiger partial charge in [0.1, 0.15) is 35.2 Å². The van der Waals surface area contributed by atoms with Gasteiger partial charge in [-0.3, -0.25) is 32.3 Å². The van der Waals surface area contributed by atoms with Crippen LogP contribution in [0.5, 0.6) is 5.75 Å². The Morgan fingerprint density at radius 1 is 0.771 bits per heavy atom. The van der Waals surface area contributed by atoms with E-state index in [2.05, 4.69) is 10.3 Å². The highest BCUT2D eigenvalue weighted by Crippen LogP contribution is 2.46. The van der Waals surface area contributed by atoms with Crippen LogP contribution in [0.25, 0.3) is 33.4 Å². The first kappa shape index (κ1) is 54.0. The number of carboxylic acids is 1. The zero-order valence-electron chi connectivity index (χ0n) is 38.5. The Balaban J connectivity index is 0.770. The molecule has 2 unspecified atom stereocenters. The monoisotopic (exact) mass is 1010 g/mol. The van der Waals surface area contributed by atoms with Gasteiger partial charge in [-0.05, 0) is 79.8 Å². The van der Waals surface area contributed by atoms with E-state index in [1.165, 1.54) is 65.4 Å². The van der Waals surface area contributed by atoms with E-state index < -0.39 is 58.3 Å². The Morgan fingerprint density at radius 3 is 2.01 bits per heavy atom. The molecule has 3 heterocycles. The number of aromatic hydroxyl groups is 1. The van der Waals surface area contributed by atoms with Crippen molar-refractivity contribution >= 4 is 44.3 Å². The van der Waals surface area contributed by atoms with Crippen molar-refractivity contribution in [2.45, 2.75) is 108 Å². The van der Waals surface area contributed by atoms with Crippen molar-refractivity contribution in [1.82, 2.24) is 14.9 Å². The zero-order valence-corrected chi connectivity index (χ0v) is 40.3. The molecule has 3 aliphatic rings. The van der Waals surface area contributed by atoms with Gasteiger partial charge < -0.3 is 45.3 Å². The number of hydrogen-bond donors (Lipinski definition) is 7. The number of anilines is 1. The second kappa shape index (κ2) is 25.7. The number of rotatable bonds is 29. The van der Waals surface area contributed by atoms with Crippen molar-refractivity contribution < 1.29 is 71.1 Å². The van der Waals surface area contributed by atoms with Crippen molar-refractivity contribution in [3.8, 4) is 28.2 Å². The summed E-state index contributed by atoms with van der Waals surface area (Å²) < 4.78 is 57.7. The lowest BCUT2D eigenvalue weighted by atomic mass is 9.89. The standard InChI is InChI=1S/C47H60N4O17P2/c48-42-20-22-51(47(58)50-42)43-29-38(54)41(68-43)30-66-70(61,62)65-25-12-8-5-3-1-2-4-7-11-23-63-69(59,60)64-24-13-9-6-10-21-49-45(55)31-14-17-34(46(56)57)37(26-31)44-35-18-15-32(52)27-39(35)67-40-28-33(53)16-19-36(40)44/h14-20,22,26-28,38,41,43,52,54H,1-13,21,23-25,29-30H2,(H,49,55)(H,56,57)(H,59,60)(H,61,62)(H2,48,50,58)/t38-,41-,43-/m1/s1. The number of amides is 1. The summed E-state index contributed by atoms with van der Waals surface area (Å²) >= 11 is 0. The van der Waals surface area contributed by atoms with Crippen LogP contribution in [-0.2, 0) is 32.0 Å². The van der Waals surface area contributed by atoms with Crippen LogP contribution in [0.15, 0.2) is 80.9 Å². The third-order valence-electron chi connectivity index (χ3n) is 11.6.